The van der Waals surface area contributed by atoms with Gasteiger partial charge in [0.05, 0.1) is 138 Å². The number of aryl methyl sites for hydroxylation is 1. The van der Waals surface area contributed by atoms with Gasteiger partial charge in [-0.3, -0.25) is 0 Å². The van der Waals surface area contributed by atoms with Crippen LogP contribution in [-0.4, -0.2) is 9.13 Å². The number of nitriles is 8. The first kappa shape index (κ1) is 54.9. The molecular formula is C71H32F6N10. The summed E-state index contributed by atoms with van der Waals surface area (Å²) in [7, 11) is 0. The van der Waals surface area contributed by atoms with Crippen molar-refractivity contribution in [2.45, 2.75) is 19.3 Å². The summed E-state index contributed by atoms with van der Waals surface area (Å²) in [6.45, 7) is 1.83. The standard InChI is InChI=1S/C71H32F6N10/c1-39-13-40(31-78)18-51(14-39)47-5-9-65-57(25-47)60-28-50(54-23-45(36-83)17-46(24-54)37-84)8-12-66(60)87(65)68-30-56(69-61(70(72,73)74)3-2-4-62(69)71(75,76)77)55(38-85)29-67(68)86-63-10-6-48(52-19-41(32-79)15-42(20-52)33-80)26-58(63)59-27-49(7-11-64(59)86)53-21-43(34-81)16-44(22-53)35-82/h2-30H,1H3. The molecule has 0 aliphatic rings. The van der Waals surface area contributed by atoms with Crippen LogP contribution in [0.1, 0.15) is 61.2 Å². The van der Waals surface area contributed by atoms with Crippen LogP contribution in [0.2, 0.25) is 0 Å². The number of aromatic nitrogens is 2. The van der Waals surface area contributed by atoms with Crippen molar-refractivity contribution in [3.05, 3.63) is 237 Å². The number of alkyl halides is 6. The average Bonchev–Trinajstić information content (AvgIpc) is 1.72. The second-order valence-electron chi connectivity index (χ2n) is 20.6. The molecule has 0 amide bonds. The summed E-state index contributed by atoms with van der Waals surface area (Å²) < 4.78 is 95.9. The lowest BCUT2D eigenvalue weighted by atomic mass is 9.89. The van der Waals surface area contributed by atoms with Crippen LogP contribution in [-0.2, 0) is 12.4 Å². The highest BCUT2D eigenvalue weighted by atomic mass is 19.4. The van der Waals surface area contributed by atoms with Gasteiger partial charge in [0.1, 0.15) is 0 Å². The van der Waals surface area contributed by atoms with E-state index >= 15 is 26.3 Å². The van der Waals surface area contributed by atoms with E-state index in [9.17, 15) is 42.1 Å². The van der Waals surface area contributed by atoms with Gasteiger partial charge in [-0.2, -0.15) is 68.4 Å². The van der Waals surface area contributed by atoms with Gasteiger partial charge >= 0.3 is 12.4 Å². The lowest BCUT2D eigenvalue weighted by Gasteiger charge is -2.23. The summed E-state index contributed by atoms with van der Waals surface area (Å²) in [5.74, 6) is 0. The summed E-state index contributed by atoms with van der Waals surface area (Å²) in [5, 5.41) is 83.3. The number of benzene rings is 10. The van der Waals surface area contributed by atoms with Crippen LogP contribution >= 0.6 is 0 Å². The predicted molar refractivity (Wildman–Crippen MR) is 315 cm³/mol. The Morgan fingerprint density at radius 2 is 0.609 bits per heavy atom. The van der Waals surface area contributed by atoms with E-state index in [-0.39, 0.29) is 44.8 Å². The SMILES string of the molecule is Cc1cc(C#N)cc(-c2ccc3c(c2)c2cc(-c4cc(C#N)cc(C#N)c4)ccc2n3-c2cc(-c3c(C(F)(F)F)cccc3C(F)(F)F)c(C#N)cc2-n2c3ccc(-c4cc(C#N)cc(C#N)c4)cc3c3cc(-c4cc(C#N)cc(C#N)c4)ccc32)c1. The van der Waals surface area contributed by atoms with Gasteiger partial charge in [0.15, 0.2) is 0 Å². The third kappa shape index (κ3) is 9.57. The molecule has 0 saturated heterocycles. The molecule has 10 nitrogen and oxygen atoms in total. The minimum Gasteiger partial charge on any atom is -0.307 e. The van der Waals surface area contributed by atoms with Crippen LogP contribution in [0, 0.1) is 97.6 Å². The van der Waals surface area contributed by atoms with Crippen LogP contribution in [0.15, 0.2) is 176 Å². The van der Waals surface area contributed by atoms with Crippen LogP contribution < -0.4 is 0 Å². The summed E-state index contributed by atoms with van der Waals surface area (Å²) in [4.78, 5) is 0. The molecule has 16 heteroatoms. The van der Waals surface area contributed by atoms with E-state index in [2.05, 4.69) is 42.5 Å². The first-order valence-corrected chi connectivity index (χ1v) is 26.3. The molecule has 0 aliphatic carbocycles. The topological polar surface area (TPSA) is 200 Å². The quantitative estimate of drug-likeness (QED) is 0.140. The Labute approximate surface area is 491 Å². The van der Waals surface area contributed by atoms with Crippen molar-refractivity contribution in [2.75, 3.05) is 0 Å². The van der Waals surface area contributed by atoms with E-state index in [0.29, 0.717) is 112 Å². The number of halogens is 6. The Balaban J connectivity index is 1.26. The Hall–Kier alpha value is -12.7. The molecule has 0 bridgehead atoms. The fourth-order valence-electron chi connectivity index (χ4n) is 11.6. The summed E-state index contributed by atoms with van der Waals surface area (Å²) >= 11 is 0. The van der Waals surface area contributed by atoms with Crippen molar-refractivity contribution in [1.29, 1.82) is 42.1 Å². The Bertz CT molecular complexity index is 5130. The second-order valence-corrected chi connectivity index (χ2v) is 20.6. The molecule has 408 valence electrons. The summed E-state index contributed by atoms with van der Waals surface area (Å²) in [6.07, 6.45) is -10.7. The van der Waals surface area contributed by atoms with E-state index in [1.807, 2.05) is 37.3 Å². The van der Waals surface area contributed by atoms with E-state index in [4.69, 9.17) is 0 Å². The summed E-state index contributed by atoms with van der Waals surface area (Å²) in [5.41, 5.74) is 2.64. The van der Waals surface area contributed by atoms with Gasteiger partial charge < -0.3 is 9.13 Å². The zero-order chi connectivity index (χ0) is 61.2. The molecule has 0 fully saturated rings. The highest BCUT2D eigenvalue weighted by Crippen LogP contribution is 2.49. The molecule has 0 spiro atoms. The van der Waals surface area contributed by atoms with Crippen LogP contribution in [0.5, 0.6) is 0 Å². The molecule has 0 atom stereocenters. The smallest absolute Gasteiger partial charge is 0.307 e. The normalized spacial score (nSPS) is 11.3. The maximum atomic E-state index is 15.4. The lowest BCUT2D eigenvalue weighted by Crippen LogP contribution is -2.15. The van der Waals surface area contributed by atoms with Crippen LogP contribution in [0.25, 0.3) is 111 Å². The number of hydrogen-bond acceptors (Lipinski definition) is 8. The van der Waals surface area contributed by atoms with Gasteiger partial charge in [-0.25, -0.2) is 0 Å². The zero-order valence-corrected chi connectivity index (χ0v) is 45.0. The largest absolute Gasteiger partial charge is 0.417 e. The molecule has 0 saturated carbocycles. The Morgan fingerprint density at radius 1 is 0.310 bits per heavy atom. The fraction of sp³-hybridized carbons (Fsp3) is 0.0423. The molecule has 2 aromatic heterocycles. The molecule has 12 rings (SSSR count). The van der Waals surface area contributed by atoms with Crippen LogP contribution in [0.3, 0.4) is 0 Å². The van der Waals surface area contributed by atoms with E-state index in [1.165, 1.54) is 24.3 Å². The first-order valence-electron chi connectivity index (χ1n) is 26.3. The van der Waals surface area contributed by atoms with Crippen molar-refractivity contribution < 1.29 is 26.3 Å². The molecule has 87 heavy (non-hydrogen) atoms. The van der Waals surface area contributed by atoms with Gasteiger partial charge in [-0.1, -0.05) is 36.4 Å². The van der Waals surface area contributed by atoms with Crippen molar-refractivity contribution in [3.8, 4) is 116 Å². The number of rotatable bonds is 7. The summed E-state index contributed by atoms with van der Waals surface area (Å²) in [6, 6.07) is 61.3. The molecule has 12 aromatic rings. The van der Waals surface area contributed by atoms with E-state index in [1.54, 1.807) is 112 Å². The van der Waals surface area contributed by atoms with Gasteiger partial charge in [0.2, 0.25) is 0 Å². The van der Waals surface area contributed by atoms with Gasteiger partial charge in [0.25, 0.3) is 0 Å². The molecule has 0 aliphatic heterocycles. The van der Waals surface area contributed by atoms with Crippen molar-refractivity contribution in [3.63, 3.8) is 0 Å². The molecule has 0 N–H and O–H groups in total. The van der Waals surface area contributed by atoms with Crippen LogP contribution in [0.4, 0.5) is 26.3 Å². The second kappa shape index (κ2) is 20.9. The third-order valence-electron chi connectivity index (χ3n) is 15.3. The highest BCUT2D eigenvalue weighted by molar-refractivity contribution is 6.14. The predicted octanol–water partition coefficient (Wildman–Crippen LogP) is 17.5. The highest BCUT2D eigenvalue weighted by Gasteiger charge is 2.42. The minimum atomic E-state index is -5.36. The Kier molecular flexibility index (Phi) is 13.2. The molecule has 0 unspecified atom stereocenters. The lowest BCUT2D eigenvalue weighted by molar-refractivity contribution is -0.142. The monoisotopic (exact) mass is 1140 g/mol. The van der Waals surface area contributed by atoms with Crippen molar-refractivity contribution in [1.82, 2.24) is 9.13 Å². The van der Waals surface area contributed by atoms with E-state index in [0.717, 1.165) is 11.6 Å². The van der Waals surface area contributed by atoms with Gasteiger partial charge in [0, 0.05) is 32.7 Å². The molecular weight excluding hydrogens is 1110 g/mol. The van der Waals surface area contributed by atoms with Crippen molar-refractivity contribution in [2.24, 2.45) is 0 Å². The average molecular weight is 1140 g/mol. The molecule has 10 aromatic carbocycles. The van der Waals surface area contributed by atoms with Gasteiger partial charge in [-0.15, -0.1) is 0 Å². The number of hydrogen-bond donors (Lipinski definition) is 0. The third-order valence-corrected chi connectivity index (χ3v) is 15.3. The number of fused-ring (bicyclic) bond motifs is 6. The number of nitrogens with zero attached hydrogens (tertiary/aromatic N) is 10. The fourth-order valence-corrected chi connectivity index (χ4v) is 11.6. The van der Waals surface area contributed by atoms with Gasteiger partial charge in [-0.05, 0) is 197 Å². The molecule has 0 radical (unpaired) electrons. The molecule has 2 heterocycles. The van der Waals surface area contributed by atoms with E-state index < -0.39 is 40.2 Å². The maximum Gasteiger partial charge on any atom is 0.417 e. The zero-order valence-electron chi connectivity index (χ0n) is 45.0. The first-order chi connectivity index (χ1) is 41.9. The minimum absolute atomic E-state index is 0.00267. The maximum absolute atomic E-state index is 15.4. The Morgan fingerprint density at radius 3 is 0.908 bits per heavy atom. The van der Waals surface area contributed by atoms with Crippen molar-refractivity contribution >= 4 is 43.6 Å².